The second-order valence-electron chi connectivity index (χ2n) is 5.64. The van der Waals surface area contributed by atoms with Gasteiger partial charge < -0.3 is 14.7 Å². The Kier molecular flexibility index (Phi) is 3.51. The van der Waals surface area contributed by atoms with Crippen LogP contribution in [0.1, 0.15) is 26.5 Å². The van der Waals surface area contributed by atoms with Crippen LogP contribution in [0, 0.1) is 0 Å². The molecule has 1 saturated heterocycles. The SMILES string of the molecule is COC(C)(C)c1cc(N2C(=O)N(C)C(C)C2O)nn1C. The summed E-state index contributed by atoms with van der Waals surface area (Å²) >= 11 is 0. The minimum absolute atomic E-state index is 0.259. The predicted octanol–water partition coefficient (Wildman–Crippen LogP) is 0.880. The summed E-state index contributed by atoms with van der Waals surface area (Å²) in [4.78, 5) is 15.0. The van der Waals surface area contributed by atoms with E-state index >= 15 is 0 Å². The minimum atomic E-state index is -0.902. The van der Waals surface area contributed by atoms with Gasteiger partial charge in [-0.3, -0.25) is 4.68 Å². The number of nitrogens with zero attached hydrogens (tertiary/aromatic N) is 4. The molecule has 1 aliphatic heterocycles. The van der Waals surface area contributed by atoms with Crippen molar-refractivity contribution in [3.63, 3.8) is 0 Å². The third-order valence-corrected chi connectivity index (χ3v) is 4.06. The lowest BCUT2D eigenvalue weighted by Crippen LogP contribution is -2.35. The Labute approximate surface area is 118 Å². The molecule has 1 fully saturated rings. The Morgan fingerprint density at radius 2 is 2.00 bits per heavy atom. The van der Waals surface area contributed by atoms with E-state index in [9.17, 15) is 9.90 Å². The number of hydrogen-bond acceptors (Lipinski definition) is 4. The summed E-state index contributed by atoms with van der Waals surface area (Å²) in [5.74, 6) is 0.432. The van der Waals surface area contributed by atoms with E-state index in [2.05, 4.69) is 5.10 Å². The van der Waals surface area contributed by atoms with E-state index in [1.807, 2.05) is 13.8 Å². The molecule has 112 valence electrons. The summed E-state index contributed by atoms with van der Waals surface area (Å²) < 4.78 is 7.11. The van der Waals surface area contributed by atoms with Gasteiger partial charge in [0.2, 0.25) is 0 Å². The maximum absolute atomic E-state index is 12.2. The van der Waals surface area contributed by atoms with Gasteiger partial charge in [-0.2, -0.15) is 5.10 Å². The van der Waals surface area contributed by atoms with E-state index in [0.717, 1.165) is 5.69 Å². The van der Waals surface area contributed by atoms with Gasteiger partial charge in [-0.25, -0.2) is 9.69 Å². The first-order chi connectivity index (χ1) is 9.20. The van der Waals surface area contributed by atoms with Crippen molar-refractivity contribution in [2.45, 2.75) is 38.6 Å². The van der Waals surface area contributed by atoms with Crippen LogP contribution in [0.4, 0.5) is 10.6 Å². The van der Waals surface area contributed by atoms with Crippen molar-refractivity contribution in [1.82, 2.24) is 14.7 Å². The van der Waals surface area contributed by atoms with Crippen LogP contribution in [0.2, 0.25) is 0 Å². The number of amides is 2. The highest BCUT2D eigenvalue weighted by Crippen LogP contribution is 2.30. The number of aliphatic hydroxyl groups is 1. The first-order valence-corrected chi connectivity index (χ1v) is 6.54. The van der Waals surface area contributed by atoms with Crippen LogP contribution in [0.25, 0.3) is 0 Å². The van der Waals surface area contributed by atoms with E-state index in [4.69, 9.17) is 4.74 Å². The molecule has 0 spiro atoms. The number of ether oxygens (including phenoxy) is 1. The molecule has 0 radical (unpaired) electrons. The summed E-state index contributed by atoms with van der Waals surface area (Å²) in [6, 6.07) is 1.24. The lowest BCUT2D eigenvalue weighted by molar-refractivity contribution is 0.0123. The smallest absolute Gasteiger partial charge is 0.328 e. The molecule has 1 aliphatic rings. The molecular weight excluding hydrogens is 260 g/mol. The first kappa shape index (κ1) is 14.8. The van der Waals surface area contributed by atoms with E-state index in [-0.39, 0.29) is 12.1 Å². The molecule has 0 aliphatic carbocycles. The second-order valence-corrected chi connectivity index (χ2v) is 5.64. The van der Waals surface area contributed by atoms with Gasteiger partial charge in [-0.05, 0) is 20.8 Å². The third kappa shape index (κ3) is 2.06. The van der Waals surface area contributed by atoms with Crippen molar-refractivity contribution in [2.75, 3.05) is 19.1 Å². The molecule has 7 heteroatoms. The zero-order chi connectivity index (χ0) is 15.2. The highest BCUT2D eigenvalue weighted by atomic mass is 16.5. The summed E-state index contributed by atoms with van der Waals surface area (Å²) in [7, 11) is 5.08. The number of hydrogen-bond donors (Lipinski definition) is 1. The molecule has 1 N–H and O–H groups in total. The van der Waals surface area contributed by atoms with Gasteiger partial charge in [-0.1, -0.05) is 0 Å². The number of carbonyl (C=O) groups excluding carboxylic acids is 1. The summed E-state index contributed by atoms with van der Waals surface area (Å²) in [5.41, 5.74) is 0.308. The average molecular weight is 282 g/mol. The normalized spacial score (nSPS) is 23.9. The van der Waals surface area contributed by atoms with Crippen LogP contribution in [0.15, 0.2) is 6.07 Å². The number of aryl methyl sites for hydroxylation is 1. The number of urea groups is 1. The van der Waals surface area contributed by atoms with Crippen molar-refractivity contribution in [3.8, 4) is 0 Å². The van der Waals surface area contributed by atoms with Gasteiger partial charge in [0.25, 0.3) is 0 Å². The molecule has 2 rings (SSSR count). The molecule has 0 bridgehead atoms. The molecule has 1 aromatic rings. The Morgan fingerprint density at radius 3 is 2.45 bits per heavy atom. The van der Waals surface area contributed by atoms with E-state index in [1.165, 1.54) is 9.80 Å². The second kappa shape index (κ2) is 4.75. The molecule has 2 atom stereocenters. The number of rotatable bonds is 3. The van der Waals surface area contributed by atoms with E-state index < -0.39 is 11.8 Å². The number of aliphatic hydroxyl groups excluding tert-OH is 1. The molecule has 1 aromatic heterocycles. The fourth-order valence-electron chi connectivity index (χ4n) is 2.34. The lowest BCUT2D eigenvalue weighted by atomic mass is 10.1. The number of aromatic nitrogens is 2. The standard InChI is InChI=1S/C13H22N4O3/c1-8-11(18)17(12(19)15(8)4)10-7-9(16(5)14-10)13(2,3)20-6/h7-8,11,18H,1-6H3. The summed E-state index contributed by atoms with van der Waals surface area (Å²) in [6.07, 6.45) is -0.902. The van der Waals surface area contributed by atoms with Crippen LogP contribution in [0.5, 0.6) is 0 Å². The lowest BCUT2D eigenvalue weighted by Gasteiger charge is -2.22. The zero-order valence-electron chi connectivity index (χ0n) is 12.8. The summed E-state index contributed by atoms with van der Waals surface area (Å²) in [6.45, 7) is 5.64. The van der Waals surface area contributed by atoms with E-state index in [1.54, 1.807) is 38.9 Å². The maximum Gasteiger partial charge on any atom is 0.328 e. The minimum Gasteiger partial charge on any atom is -0.373 e. The molecule has 0 aromatic carbocycles. The number of methoxy groups -OCH3 is 1. The van der Waals surface area contributed by atoms with Gasteiger partial charge >= 0.3 is 6.03 Å². The number of carbonyl (C=O) groups is 1. The fraction of sp³-hybridized carbons (Fsp3) is 0.692. The van der Waals surface area contributed by atoms with Crippen molar-refractivity contribution in [3.05, 3.63) is 11.8 Å². The van der Waals surface area contributed by atoms with Crippen LogP contribution < -0.4 is 4.90 Å². The molecule has 0 saturated carbocycles. The van der Waals surface area contributed by atoms with E-state index in [0.29, 0.717) is 5.82 Å². The van der Waals surface area contributed by atoms with Crippen molar-refractivity contribution in [1.29, 1.82) is 0 Å². The Hall–Kier alpha value is -1.60. The van der Waals surface area contributed by atoms with Crippen LogP contribution in [0.3, 0.4) is 0 Å². The summed E-state index contributed by atoms with van der Waals surface area (Å²) in [5, 5.41) is 14.5. The van der Waals surface area contributed by atoms with Crippen LogP contribution in [-0.2, 0) is 17.4 Å². The van der Waals surface area contributed by atoms with Gasteiger partial charge in [0.1, 0.15) is 5.60 Å². The van der Waals surface area contributed by atoms with Gasteiger partial charge in [0.15, 0.2) is 12.0 Å². The third-order valence-electron chi connectivity index (χ3n) is 4.06. The monoisotopic (exact) mass is 282 g/mol. The average Bonchev–Trinajstić information content (AvgIpc) is 2.86. The fourth-order valence-corrected chi connectivity index (χ4v) is 2.34. The molecule has 2 amide bonds. The first-order valence-electron chi connectivity index (χ1n) is 6.54. The van der Waals surface area contributed by atoms with Crippen LogP contribution in [-0.4, -0.2) is 52.2 Å². The van der Waals surface area contributed by atoms with Crippen molar-refractivity contribution < 1.29 is 14.6 Å². The molecular formula is C13H22N4O3. The maximum atomic E-state index is 12.2. The van der Waals surface area contributed by atoms with Gasteiger partial charge in [0.05, 0.1) is 11.7 Å². The predicted molar refractivity (Wildman–Crippen MR) is 74.3 cm³/mol. The molecule has 2 heterocycles. The molecule has 2 unspecified atom stereocenters. The number of likely N-dealkylation sites (N-methyl/N-ethyl adjacent to an activating group) is 1. The zero-order valence-corrected chi connectivity index (χ0v) is 12.8. The van der Waals surface area contributed by atoms with Gasteiger partial charge in [0, 0.05) is 27.3 Å². The van der Waals surface area contributed by atoms with Gasteiger partial charge in [-0.15, -0.1) is 0 Å². The van der Waals surface area contributed by atoms with Crippen molar-refractivity contribution >= 4 is 11.8 Å². The quantitative estimate of drug-likeness (QED) is 0.893. The topological polar surface area (TPSA) is 70.8 Å². The Balaban J connectivity index is 2.41. The van der Waals surface area contributed by atoms with Crippen molar-refractivity contribution in [2.24, 2.45) is 7.05 Å². The Bertz CT molecular complexity index is 526. The largest absolute Gasteiger partial charge is 0.373 e. The number of anilines is 1. The molecule has 7 nitrogen and oxygen atoms in total. The Morgan fingerprint density at radius 1 is 1.40 bits per heavy atom. The molecule has 20 heavy (non-hydrogen) atoms. The highest BCUT2D eigenvalue weighted by Gasteiger charge is 2.43. The van der Waals surface area contributed by atoms with Crippen LogP contribution >= 0.6 is 0 Å². The highest BCUT2D eigenvalue weighted by molar-refractivity contribution is 5.94.